The van der Waals surface area contributed by atoms with Gasteiger partial charge in [0.2, 0.25) is 0 Å². The van der Waals surface area contributed by atoms with Crippen LogP contribution in [0, 0.1) is 0 Å². The molecule has 0 aliphatic carbocycles. The zero-order chi connectivity index (χ0) is 15.0. The summed E-state index contributed by atoms with van der Waals surface area (Å²) < 4.78 is 0. The molecule has 2 aromatic carbocycles. The van der Waals surface area contributed by atoms with E-state index >= 15 is 0 Å². The lowest BCUT2D eigenvalue weighted by Gasteiger charge is -2.00. The van der Waals surface area contributed by atoms with Gasteiger partial charge in [-0.3, -0.25) is 0 Å². The highest BCUT2D eigenvalue weighted by Gasteiger charge is 2.05. The number of azo groups is 1. The number of carbonyl (C=O) groups excluding carboxylic acids is 2. The minimum absolute atomic E-state index is 0.146. The Bertz CT molecular complexity index is 616. The molecule has 0 radical (unpaired) electrons. The molecule has 1 N–H and O–H groups in total. The van der Waals surface area contributed by atoms with E-state index in [1.165, 1.54) is 12.1 Å². The molecule has 0 saturated heterocycles. The quantitative estimate of drug-likeness (QED) is 0.827. The highest BCUT2D eigenvalue weighted by atomic mass is 35.5. The van der Waals surface area contributed by atoms with Gasteiger partial charge < -0.3 is 5.11 Å². The van der Waals surface area contributed by atoms with Gasteiger partial charge in [-0.25, -0.2) is 0 Å². The zero-order valence-corrected chi connectivity index (χ0v) is 11.5. The van der Waals surface area contributed by atoms with Gasteiger partial charge in [-0.05, 0) is 24.3 Å². The second-order valence-corrected chi connectivity index (χ2v) is 4.19. The molecular weight excluding hydrogens is 303 g/mol. The van der Waals surface area contributed by atoms with Gasteiger partial charge in [0.15, 0.2) is 5.75 Å². The molecule has 2 aromatic rings. The number of aromatic hydroxyl groups is 1. The normalized spacial score (nSPS) is 9.70. The Morgan fingerprint density at radius 2 is 1.35 bits per heavy atom. The van der Waals surface area contributed by atoms with Crippen LogP contribution in [0.5, 0.6) is 5.75 Å². The first-order valence-corrected chi connectivity index (χ1v) is 5.98. The summed E-state index contributed by atoms with van der Waals surface area (Å²) in [5.74, 6) is -0.146. The third kappa shape index (κ3) is 4.82. The largest absolute Gasteiger partial charge is 0.505 e. The predicted octanol–water partition coefficient (Wildman–Crippen LogP) is 4.53. The maximum absolute atomic E-state index is 9.38. The first kappa shape index (κ1) is 15.9. The highest BCUT2D eigenvalue weighted by molar-refractivity contribution is 6.37. The van der Waals surface area contributed by atoms with Crippen LogP contribution in [0.3, 0.4) is 0 Å². The van der Waals surface area contributed by atoms with Gasteiger partial charge in [0.05, 0.1) is 21.4 Å². The van der Waals surface area contributed by atoms with E-state index in [1.54, 1.807) is 0 Å². The van der Waals surface area contributed by atoms with E-state index in [1.807, 2.05) is 30.3 Å². The SMILES string of the molecule is O=C=O.Oc1c(Cl)cc(N=Nc2ccccc2)cc1Cl. The molecule has 0 aliphatic heterocycles. The molecule has 0 bridgehead atoms. The average molecular weight is 311 g/mol. The Hall–Kier alpha value is -2.20. The summed E-state index contributed by atoms with van der Waals surface area (Å²) >= 11 is 11.5. The second kappa shape index (κ2) is 8.07. The molecule has 0 fully saturated rings. The Morgan fingerprint density at radius 3 is 1.85 bits per heavy atom. The lowest BCUT2D eigenvalue weighted by Crippen LogP contribution is -1.71. The van der Waals surface area contributed by atoms with Crippen LogP contribution in [0.15, 0.2) is 52.7 Å². The number of nitrogens with zero attached hydrogens (tertiary/aromatic N) is 2. The van der Waals surface area contributed by atoms with Crippen molar-refractivity contribution in [3.8, 4) is 5.75 Å². The molecule has 0 heterocycles. The van der Waals surface area contributed by atoms with Crippen LogP contribution in [0.2, 0.25) is 10.0 Å². The maximum atomic E-state index is 9.38. The third-order valence-electron chi connectivity index (χ3n) is 2.04. The summed E-state index contributed by atoms with van der Waals surface area (Å²) in [5, 5.41) is 17.7. The number of benzene rings is 2. The summed E-state index contributed by atoms with van der Waals surface area (Å²) in [6.07, 6.45) is 0.250. The van der Waals surface area contributed by atoms with Gasteiger partial charge in [-0.1, -0.05) is 41.4 Å². The molecule has 0 aromatic heterocycles. The van der Waals surface area contributed by atoms with E-state index in [0.717, 1.165) is 5.69 Å². The van der Waals surface area contributed by atoms with Crippen molar-refractivity contribution in [1.82, 2.24) is 0 Å². The Kier molecular flexibility index (Phi) is 6.40. The first-order valence-electron chi connectivity index (χ1n) is 5.22. The van der Waals surface area contributed by atoms with Gasteiger partial charge >= 0.3 is 6.15 Å². The smallest absolute Gasteiger partial charge is 0.373 e. The van der Waals surface area contributed by atoms with Gasteiger partial charge in [0, 0.05) is 0 Å². The van der Waals surface area contributed by atoms with E-state index < -0.39 is 0 Å². The van der Waals surface area contributed by atoms with Crippen LogP contribution in [0.25, 0.3) is 0 Å². The molecule has 5 nitrogen and oxygen atoms in total. The number of hydrogen-bond donors (Lipinski definition) is 1. The molecule has 0 saturated carbocycles. The third-order valence-corrected chi connectivity index (χ3v) is 2.62. The van der Waals surface area contributed by atoms with Gasteiger partial charge in [0.25, 0.3) is 0 Å². The molecule has 0 atom stereocenters. The summed E-state index contributed by atoms with van der Waals surface area (Å²) in [4.78, 5) is 16.2. The van der Waals surface area contributed by atoms with Gasteiger partial charge in [-0.2, -0.15) is 19.8 Å². The first-order chi connectivity index (χ1) is 9.58. The summed E-state index contributed by atoms with van der Waals surface area (Å²) in [7, 11) is 0. The fourth-order valence-electron chi connectivity index (χ4n) is 1.22. The molecule has 7 heteroatoms. The fraction of sp³-hybridized carbons (Fsp3) is 0. The zero-order valence-electron chi connectivity index (χ0n) is 9.96. The molecule has 0 amide bonds. The van der Waals surface area contributed by atoms with Crippen molar-refractivity contribution >= 4 is 40.7 Å². The van der Waals surface area contributed by atoms with Crippen LogP contribution in [-0.4, -0.2) is 11.3 Å². The molecule has 0 aliphatic rings. The minimum atomic E-state index is -0.146. The molecular formula is C13H8Cl2N2O3. The van der Waals surface area contributed by atoms with Crippen molar-refractivity contribution in [2.45, 2.75) is 0 Å². The standard InChI is InChI=1S/C12H8Cl2N2O.CO2/c13-10-6-9(7-11(14)12(10)17)16-15-8-4-2-1-3-5-8;2-1-3/h1-7,17H;. The lowest BCUT2D eigenvalue weighted by molar-refractivity contribution is -0.191. The second-order valence-electron chi connectivity index (χ2n) is 3.38. The highest BCUT2D eigenvalue weighted by Crippen LogP contribution is 2.36. The Morgan fingerprint density at radius 1 is 0.900 bits per heavy atom. The van der Waals surface area contributed by atoms with E-state index in [9.17, 15) is 5.11 Å². The van der Waals surface area contributed by atoms with Crippen LogP contribution < -0.4 is 0 Å². The number of hydrogen-bond acceptors (Lipinski definition) is 5. The molecule has 102 valence electrons. The lowest BCUT2D eigenvalue weighted by atomic mass is 10.3. The Balaban J connectivity index is 0.000000612. The van der Waals surface area contributed by atoms with Crippen molar-refractivity contribution in [2.75, 3.05) is 0 Å². The number of phenols is 1. The summed E-state index contributed by atoms with van der Waals surface area (Å²) in [6, 6.07) is 12.3. The van der Waals surface area contributed by atoms with Crippen molar-refractivity contribution in [1.29, 1.82) is 0 Å². The van der Waals surface area contributed by atoms with Crippen molar-refractivity contribution in [3.63, 3.8) is 0 Å². The molecule has 0 unspecified atom stereocenters. The topological polar surface area (TPSA) is 79.1 Å². The summed E-state index contributed by atoms with van der Waals surface area (Å²) in [6.45, 7) is 0. The van der Waals surface area contributed by atoms with Crippen LogP contribution in [0.4, 0.5) is 11.4 Å². The van der Waals surface area contributed by atoms with Crippen LogP contribution >= 0.6 is 23.2 Å². The molecule has 0 spiro atoms. The van der Waals surface area contributed by atoms with Crippen LogP contribution in [0.1, 0.15) is 0 Å². The van der Waals surface area contributed by atoms with Crippen molar-refractivity contribution in [3.05, 3.63) is 52.5 Å². The van der Waals surface area contributed by atoms with Gasteiger partial charge in [-0.15, -0.1) is 0 Å². The summed E-state index contributed by atoms with van der Waals surface area (Å²) in [5.41, 5.74) is 1.22. The number of halogens is 2. The maximum Gasteiger partial charge on any atom is 0.373 e. The Labute approximate surface area is 124 Å². The molecule has 20 heavy (non-hydrogen) atoms. The van der Waals surface area contributed by atoms with E-state index in [4.69, 9.17) is 32.8 Å². The van der Waals surface area contributed by atoms with Crippen molar-refractivity contribution < 1.29 is 14.7 Å². The number of rotatable bonds is 2. The van der Waals surface area contributed by atoms with Crippen molar-refractivity contribution in [2.24, 2.45) is 10.2 Å². The number of phenolic OH excluding ortho intramolecular Hbond substituents is 1. The van der Waals surface area contributed by atoms with E-state index in [-0.39, 0.29) is 21.9 Å². The average Bonchev–Trinajstić information content (AvgIpc) is 2.44. The van der Waals surface area contributed by atoms with E-state index in [2.05, 4.69) is 10.2 Å². The minimum Gasteiger partial charge on any atom is -0.505 e. The fourth-order valence-corrected chi connectivity index (χ4v) is 1.70. The molecule has 2 rings (SSSR count). The predicted molar refractivity (Wildman–Crippen MR) is 73.8 cm³/mol. The van der Waals surface area contributed by atoms with Crippen LogP contribution in [-0.2, 0) is 9.59 Å². The van der Waals surface area contributed by atoms with Gasteiger partial charge in [0.1, 0.15) is 0 Å². The monoisotopic (exact) mass is 310 g/mol. The van der Waals surface area contributed by atoms with E-state index in [0.29, 0.717) is 5.69 Å².